The topological polar surface area (TPSA) is 12.4 Å². The summed E-state index contributed by atoms with van der Waals surface area (Å²) in [4.78, 5) is 4.96. The lowest BCUT2D eigenvalue weighted by Gasteiger charge is -2.28. The molecule has 1 fully saturated rings. The van der Waals surface area contributed by atoms with Crippen LogP contribution in [0.15, 0.2) is 47.5 Å². The lowest BCUT2D eigenvalue weighted by atomic mass is 9.77. The van der Waals surface area contributed by atoms with Crippen molar-refractivity contribution in [1.82, 2.24) is 0 Å². The van der Waals surface area contributed by atoms with Gasteiger partial charge < -0.3 is 0 Å². The number of aryl methyl sites for hydroxylation is 1. The van der Waals surface area contributed by atoms with Crippen LogP contribution in [-0.2, 0) is 6.42 Å². The summed E-state index contributed by atoms with van der Waals surface area (Å²) in [7, 11) is 0. The normalized spacial score (nSPS) is 21.3. The molecule has 2 atom stereocenters. The largest absolute Gasteiger partial charge is 0.257 e. The summed E-state index contributed by atoms with van der Waals surface area (Å²) in [5.74, 6) is 1.83. The second-order valence-corrected chi connectivity index (χ2v) is 8.29. The third kappa shape index (κ3) is 3.24. The van der Waals surface area contributed by atoms with E-state index in [4.69, 9.17) is 4.99 Å². The van der Waals surface area contributed by atoms with Gasteiger partial charge in [-0.05, 0) is 66.3 Å². The summed E-state index contributed by atoms with van der Waals surface area (Å²) in [6.07, 6.45) is 8.13. The predicted octanol–water partition coefficient (Wildman–Crippen LogP) is 7.17. The van der Waals surface area contributed by atoms with Gasteiger partial charge in [0.2, 0.25) is 0 Å². The molecule has 1 heteroatoms. The highest BCUT2D eigenvalue weighted by atomic mass is 14.8. The van der Waals surface area contributed by atoms with Crippen molar-refractivity contribution in [1.29, 1.82) is 0 Å². The highest BCUT2D eigenvalue weighted by molar-refractivity contribution is 5.99. The second-order valence-electron chi connectivity index (χ2n) is 8.29. The summed E-state index contributed by atoms with van der Waals surface area (Å²) in [6.45, 7) is 6.81. The maximum absolute atomic E-state index is 4.96. The van der Waals surface area contributed by atoms with E-state index in [0.717, 1.165) is 12.3 Å². The molecule has 2 aliphatic rings. The molecular weight excluding hydrogens is 314 g/mol. The van der Waals surface area contributed by atoms with E-state index in [9.17, 15) is 0 Å². The number of fused-ring (bicyclic) bond motifs is 1. The SMILES string of the molecule is CCc1ccc(C2C(C)=Nc3cc(C(C)C4CCCCC4)ccc32)cc1. The molecule has 0 radical (unpaired) electrons. The van der Waals surface area contributed by atoms with E-state index < -0.39 is 0 Å². The van der Waals surface area contributed by atoms with Crippen LogP contribution in [0.5, 0.6) is 0 Å². The Balaban J connectivity index is 1.61. The minimum Gasteiger partial charge on any atom is -0.257 e. The van der Waals surface area contributed by atoms with E-state index in [2.05, 4.69) is 63.2 Å². The van der Waals surface area contributed by atoms with Crippen molar-refractivity contribution in [3.05, 3.63) is 64.7 Å². The number of nitrogens with zero attached hydrogens (tertiary/aromatic N) is 1. The molecule has 0 spiro atoms. The molecule has 1 saturated carbocycles. The summed E-state index contributed by atoms with van der Waals surface area (Å²) >= 11 is 0. The summed E-state index contributed by atoms with van der Waals surface area (Å²) in [6, 6.07) is 16.2. The fraction of sp³-hybridized carbons (Fsp3) is 0.480. The molecule has 4 rings (SSSR count). The predicted molar refractivity (Wildman–Crippen MR) is 112 cm³/mol. The average molecular weight is 346 g/mol. The first-order valence-corrected chi connectivity index (χ1v) is 10.4. The Morgan fingerprint density at radius 1 is 1.00 bits per heavy atom. The van der Waals surface area contributed by atoms with Crippen molar-refractivity contribution in [3.63, 3.8) is 0 Å². The van der Waals surface area contributed by atoms with Gasteiger partial charge in [0.15, 0.2) is 0 Å². The zero-order valence-electron chi connectivity index (χ0n) is 16.5. The first-order valence-electron chi connectivity index (χ1n) is 10.4. The highest BCUT2D eigenvalue weighted by Gasteiger charge is 2.28. The molecule has 1 heterocycles. The third-order valence-electron chi connectivity index (χ3n) is 6.68. The third-order valence-corrected chi connectivity index (χ3v) is 6.68. The Morgan fingerprint density at radius 3 is 2.42 bits per heavy atom. The van der Waals surface area contributed by atoms with Gasteiger partial charge in [0, 0.05) is 11.6 Å². The smallest absolute Gasteiger partial charge is 0.0674 e. The average Bonchev–Trinajstić information content (AvgIpc) is 3.03. The van der Waals surface area contributed by atoms with Gasteiger partial charge >= 0.3 is 0 Å². The van der Waals surface area contributed by atoms with Crippen molar-refractivity contribution in [2.45, 2.75) is 71.1 Å². The van der Waals surface area contributed by atoms with Crippen LogP contribution in [0.4, 0.5) is 5.69 Å². The van der Waals surface area contributed by atoms with Gasteiger partial charge in [-0.15, -0.1) is 0 Å². The van der Waals surface area contributed by atoms with E-state index in [-0.39, 0.29) is 0 Å². The Bertz CT molecular complexity index is 793. The molecule has 136 valence electrons. The number of benzene rings is 2. The van der Waals surface area contributed by atoms with Crippen LogP contribution in [0.3, 0.4) is 0 Å². The number of aliphatic imine (C=N–C) groups is 1. The maximum atomic E-state index is 4.96. The second kappa shape index (κ2) is 7.39. The van der Waals surface area contributed by atoms with Crippen LogP contribution >= 0.6 is 0 Å². The number of rotatable bonds is 4. The monoisotopic (exact) mass is 345 g/mol. The number of hydrogen-bond donors (Lipinski definition) is 0. The van der Waals surface area contributed by atoms with Crippen molar-refractivity contribution < 1.29 is 0 Å². The fourth-order valence-corrected chi connectivity index (χ4v) is 4.94. The minimum absolute atomic E-state index is 0.329. The molecule has 0 N–H and O–H groups in total. The minimum atomic E-state index is 0.329. The molecule has 2 aromatic rings. The lowest BCUT2D eigenvalue weighted by Crippen LogP contribution is -2.14. The van der Waals surface area contributed by atoms with Gasteiger partial charge in [0.1, 0.15) is 0 Å². The van der Waals surface area contributed by atoms with Crippen LogP contribution in [0, 0.1) is 5.92 Å². The van der Waals surface area contributed by atoms with Crippen LogP contribution in [0.1, 0.15) is 87.0 Å². The maximum Gasteiger partial charge on any atom is 0.0674 e. The van der Waals surface area contributed by atoms with Crippen molar-refractivity contribution in [2.24, 2.45) is 10.9 Å². The quantitative estimate of drug-likeness (QED) is 0.557. The van der Waals surface area contributed by atoms with Crippen LogP contribution < -0.4 is 0 Å². The molecular formula is C25H31N. The van der Waals surface area contributed by atoms with Gasteiger partial charge in [0.25, 0.3) is 0 Å². The van der Waals surface area contributed by atoms with Crippen molar-refractivity contribution in [3.8, 4) is 0 Å². The molecule has 0 amide bonds. The fourth-order valence-electron chi connectivity index (χ4n) is 4.94. The number of hydrogen-bond acceptors (Lipinski definition) is 1. The Kier molecular flexibility index (Phi) is 4.98. The molecule has 0 aromatic heterocycles. The van der Waals surface area contributed by atoms with Crippen LogP contribution in [0.2, 0.25) is 0 Å². The summed E-state index contributed by atoms with van der Waals surface area (Å²) in [5.41, 5.74) is 8.06. The van der Waals surface area contributed by atoms with Gasteiger partial charge in [-0.3, -0.25) is 4.99 Å². The molecule has 2 unspecified atom stereocenters. The summed E-state index contributed by atoms with van der Waals surface area (Å²) < 4.78 is 0. The zero-order chi connectivity index (χ0) is 18.1. The Morgan fingerprint density at radius 2 is 1.73 bits per heavy atom. The first-order chi connectivity index (χ1) is 12.7. The van der Waals surface area contributed by atoms with Crippen molar-refractivity contribution in [2.75, 3.05) is 0 Å². The molecule has 1 nitrogen and oxygen atoms in total. The van der Waals surface area contributed by atoms with Gasteiger partial charge in [-0.2, -0.15) is 0 Å². The van der Waals surface area contributed by atoms with E-state index in [1.54, 1.807) is 0 Å². The summed E-state index contributed by atoms with van der Waals surface area (Å²) in [5, 5.41) is 0. The first kappa shape index (κ1) is 17.5. The van der Waals surface area contributed by atoms with Gasteiger partial charge in [-0.1, -0.05) is 69.5 Å². The van der Waals surface area contributed by atoms with Crippen LogP contribution in [0.25, 0.3) is 0 Å². The molecule has 2 aromatic carbocycles. The Labute approximate surface area is 158 Å². The lowest BCUT2D eigenvalue weighted by molar-refractivity contribution is 0.316. The zero-order valence-corrected chi connectivity index (χ0v) is 16.5. The Hall–Kier alpha value is -1.89. The molecule has 0 saturated heterocycles. The molecule has 26 heavy (non-hydrogen) atoms. The molecule has 1 aliphatic carbocycles. The van der Waals surface area contributed by atoms with Crippen molar-refractivity contribution >= 4 is 11.4 Å². The van der Waals surface area contributed by atoms with E-state index in [1.807, 2.05) is 0 Å². The van der Waals surface area contributed by atoms with Gasteiger partial charge in [-0.25, -0.2) is 0 Å². The molecule has 1 aliphatic heterocycles. The van der Waals surface area contributed by atoms with E-state index >= 15 is 0 Å². The highest BCUT2D eigenvalue weighted by Crippen LogP contribution is 2.43. The van der Waals surface area contributed by atoms with Gasteiger partial charge in [0.05, 0.1) is 5.69 Å². The van der Waals surface area contributed by atoms with E-state index in [1.165, 1.54) is 65.8 Å². The molecule has 0 bridgehead atoms. The van der Waals surface area contributed by atoms with E-state index in [0.29, 0.717) is 11.8 Å². The van der Waals surface area contributed by atoms with Crippen LogP contribution in [-0.4, -0.2) is 5.71 Å². The standard InChI is InChI=1S/C25H31N/c1-4-19-10-12-21(13-11-19)25-18(3)26-24-16-22(14-15-23(24)25)17(2)20-8-6-5-7-9-20/h10-17,20,25H,4-9H2,1-3H3.